The molecule has 0 fully saturated rings. The van der Waals surface area contributed by atoms with Crippen molar-refractivity contribution in [2.45, 2.75) is 52.4 Å². The SMILES string of the molecule is CC(C)(C)c1cc2oc1cc2C(C)(C)C. The van der Waals surface area contributed by atoms with E-state index in [9.17, 15) is 0 Å². The van der Waals surface area contributed by atoms with Gasteiger partial charge in [-0.3, -0.25) is 0 Å². The molecule has 1 heteroatoms. The number of fused-ring (bicyclic) bond motifs is 2. The zero-order chi connectivity index (χ0) is 11.4. The second kappa shape index (κ2) is 2.78. The van der Waals surface area contributed by atoms with Crippen LogP contribution in [0.4, 0.5) is 0 Å². The monoisotopic (exact) mass is 204 g/mol. The van der Waals surface area contributed by atoms with Gasteiger partial charge < -0.3 is 4.42 Å². The Morgan fingerprint density at radius 1 is 0.733 bits per heavy atom. The lowest BCUT2D eigenvalue weighted by molar-refractivity contribution is 0.583. The summed E-state index contributed by atoms with van der Waals surface area (Å²) in [6.07, 6.45) is 0. The van der Waals surface area contributed by atoms with Crippen LogP contribution in [0.5, 0.6) is 0 Å². The molecule has 2 aromatic heterocycles. The summed E-state index contributed by atoms with van der Waals surface area (Å²) in [7, 11) is 0. The summed E-state index contributed by atoms with van der Waals surface area (Å²) in [5, 5.41) is 0. The van der Waals surface area contributed by atoms with Gasteiger partial charge in [0.15, 0.2) is 0 Å². The summed E-state index contributed by atoms with van der Waals surface area (Å²) in [5.74, 6) is 0. The van der Waals surface area contributed by atoms with Gasteiger partial charge in [-0.15, -0.1) is 0 Å². The lowest BCUT2D eigenvalue weighted by Gasteiger charge is -2.20. The molecule has 0 N–H and O–H groups in total. The van der Waals surface area contributed by atoms with Crippen LogP contribution in [0.1, 0.15) is 52.7 Å². The summed E-state index contributed by atoms with van der Waals surface area (Å²) in [6.45, 7) is 13.3. The van der Waals surface area contributed by atoms with Crippen molar-refractivity contribution >= 4 is 11.2 Å². The Hall–Kier alpha value is -0.980. The lowest BCUT2D eigenvalue weighted by Crippen LogP contribution is -2.13. The van der Waals surface area contributed by atoms with Crippen molar-refractivity contribution in [1.82, 2.24) is 0 Å². The van der Waals surface area contributed by atoms with Gasteiger partial charge in [-0.25, -0.2) is 0 Å². The van der Waals surface area contributed by atoms with Crippen LogP contribution in [0.2, 0.25) is 0 Å². The van der Waals surface area contributed by atoms with Crippen LogP contribution in [0.15, 0.2) is 16.5 Å². The summed E-state index contributed by atoms with van der Waals surface area (Å²) in [6, 6.07) is 4.41. The van der Waals surface area contributed by atoms with Crippen molar-refractivity contribution in [3.8, 4) is 0 Å². The van der Waals surface area contributed by atoms with Crippen molar-refractivity contribution in [3.63, 3.8) is 0 Å². The minimum Gasteiger partial charge on any atom is -0.457 e. The fourth-order valence-electron chi connectivity index (χ4n) is 2.02. The molecule has 2 bridgehead atoms. The number of hydrogen-bond acceptors (Lipinski definition) is 1. The molecule has 0 radical (unpaired) electrons. The third-order valence-corrected chi connectivity index (χ3v) is 2.92. The van der Waals surface area contributed by atoms with Crippen LogP contribution in [0.25, 0.3) is 11.2 Å². The Kier molecular flexibility index (Phi) is 1.95. The van der Waals surface area contributed by atoms with Crippen LogP contribution in [-0.4, -0.2) is 0 Å². The number of rotatable bonds is 0. The Balaban J connectivity index is 2.55. The molecule has 2 rings (SSSR count). The van der Waals surface area contributed by atoms with Crippen LogP contribution < -0.4 is 0 Å². The van der Waals surface area contributed by atoms with Gasteiger partial charge in [-0.05, 0) is 23.0 Å². The van der Waals surface area contributed by atoms with Gasteiger partial charge in [0, 0.05) is 11.1 Å². The van der Waals surface area contributed by atoms with Crippen LogP contribution in [0, 0.1) is 0 Å². The molecule has 2 heterocycles. The zero-order valence-electron chi connectivity index (χ0n) is 10.6. The first-order valence-electron chi connectivity index (χ1n) is 5.56. The molecule has 0 aliphatic carbocycles. The maximum atomic E-state index is 5.80. The molecular formula is C14H20O. The third-order valence-electron chi connectivity index (χ3n) is 2.92. The maximum Gasteiger partial charge on any atom is 0.131 e. The van der Waals surface area contributed by atoms with Gasteiger partial charge >= 0.3 is 0 Å². The minimum atomic E-state index is 0.178. The van der Waals surface area contributed by atoms with Crippen molar-refractivity contribution < 1.29 is 4.42 Å². The van der Waals surface area contributed by atoms with E-state index < -0.39 is 0 Å². The molecule has 0 aliphatic rings. The number of hydrogen-bond donors (Lipinski definition) is 0. The average molecular weight is 204 g/mol. The molecule has 0 aliphatic heterocycles. The topological polar surface area (TPSA) is 13.1 Å². The molecule has 0 saturated heterocycles. The average Bonchev–Trinajstić information content (AvgIpc) is 2.57. The molecule has 2 aromatic rings. The molecule has 0 amide bonds. The fraction of sp³-hybridized carbons (Fsp3) is 0.571. The van der Waals surface area contributed by atoms with E-state index in [1.165, 1.54) is 11.1 Å². The van der Waals surface area contributed by atoms with Crippen molar-refractivity contribution in [2.24, 2.45) is 0 Å². The van der Waals surface area contributed by atoms with Gasteiger partial charge in [0.25, 0.3) is 0 Å². The highest BCUT2D eigenvalue weighted by molar-refractivity contribution is 5.73. The molecule has 0 aromatic carbocycles. The summed E-state index contributed by atoms with van der Waals surface area (Å²) >= 11 is 0. The fourth-order valence-corrected chi connectivity index (χ4v) is 2.02. The van der Waals surface area contributed by atoms with Crippen LogP contribution >= 0.6 is 0 Å². The molecule has 0 unspecified atom stereocenters. The maximum absolute atomic E-state index is 5.80. The van der Waals surface area contributed by atoms with E-state index in [2.05, 4.69) is 53.7 Å². The smallest absolute Gasteiger partial charge is 0.131 e. The quantitative estimate of drug-likeness (QED) is 0.617. The van der Waals surface area contributed by atoms with Gasteiger partial charge in [-0.1, -0.05) is 41.5 Å². The second-order valence-electron chi connectivity index (χ2n) is 6.45. The molecule has 1 nitrogen and oxygen atoms in total. The van der Waals surface area contributed by atoms with Crippen LogP contribution in [0.3, 0.4) is 0 Å². The number of benzene rings is 1. The Labute approximate surface area is 91.8 Å². The zero-order valence-corrected chi connectivity index (χ0v) is 10.6. The van der Waals surface area contributed by atoms with Crippen molar-refractivity contribution in [1.29, 1.82) is 0 Å². The Morgan fingerprint density at radius 3 is 1.27 bits per heavy atom. The number of furan rings is 2. The molecular weight excluding hydrogens is 184 g/mol. The largest absolute Gasteiger partial charge is 0.457 e. The van der Waals surface area contributed by atoms with E-state index in [-0.39, 0.29) is 10.8 Å². The van der Waals surface area contributed by atoms with E-state index in [4.69, 9.17) is 4.42 Å². The summed E-state index contributed by atoms with van der Waals surface area (Å²) < 4.78 is 5.80. The van der Waals surface area contributed by atoms with E-state index in [1.807, 2.05) is 0 Å². The summed E-state index contributed by atoms with van der Waals surface area (Å²) in [4.78, 5) is 0. The summed E-state index contributed by atoms with van der Waals surface area (Å²) in [5.41, 5.74) is 5.12. The van der Waals surface area contributed by atoms with Gasteiger partial charge in [-0.2, -0.15) is 0 Å². The molecule has 82 valence electrons. The molecule has 15 heavy (non-hydrogen) atoms. The van der Waals surface area contributed by atoms with Crippen LogP contribution in [-0.2, 0) is 10.8 Å². The molecule has 0 atom stereocenters. The third kappa shape index (κ3) is 1.64. The second-order valence-corrected chi connectivity index (χ2v) is 6.45. The van der Waals surface area contributed by atoms with E-state index >= 15 is 0 Å². The first kappa shape index (κ1) is 10.5. The highest BCUT2D eigenvalue weighted by atomic mass is 16.3. The Morgan fingerprint density at radius 2 is 1.07 bits per heavy atom. The predicted molar refractivity (Wildman–Crippen MR) is 64.8 cm³/mol. The first-order valence-corrected chi connectivity index (χ1v) is 5.56. The normalized spacial score (nSPS) is 14.0. The highest BCUT2D eigenvalue weighted by Gasteiger charge is 2.26. The van der Waals surface area contributed by atoms with Gasteiger partial charge in [0.05, 0.1) is 0 Å². The molecule has 0 saturated carbocycles. The lowest BCUT2D eigenvalue weighted by atomic mass is 9.82. The van der Waals surface area contributed by atoms with Crippen molar-refractivity contribution in [2.75, 3.05) is 0 Å². The standard InChI is InChI=1S/C14H20O/c1-13(2,3)9-7-12-10(14(4,5)6)8-11(9)15-12/h7-8H,1-6H3. The minimum absolute atomic E-state index is 0.178. The van der Waals surface area contributed by atoms with E-state index in [0.717, 1.165) is 11.2 Å². The van der Waals surface area contributed by atoms with E-state index in [0.29, 0.717) is 0 Å². The van der Waals surface area contributed by atoms with Crippen molar-refractivity contribution in [3.05, 3.63) is 23.3 Å². The Bertz CT molecular complexity index is 419. The highest BCUT2D eigenvalue weighted by Crippen LogP contribution is 2.39. The van der Waals surface area contributed by atoms with Gasteiger partial charge in [0.1, 0.15) is 11.2 Å². The van der Waals surface area contributed by atoms with E-state index in [1.54, 1.807) is 0 Å². The molecule has 0 spiro atoms. The van der Waals surface area contributed by atoms with Gasteiger partial charge in [0.2, 0.25) is 0 Å². The predicted octanol–water partition coefficient (Wildman–Crippen LogP) is 4.47. The first-order chi connectivity index (χ1) is 6.69.